The topological polar surface area (TPSA) is 81.5 Å². The van der Waals surface area contributed by atoms with E-state index in [1.54, 1.807) is 12.1 Å². The first-order chi connectivity index (χ1) is 14.8. The largest absolute Gasteiger partial charge is 0.444 e. The summed E-state index contributed by atoms with van der Waals surface area (Å²) >= 11 is 0. The number of rotatable bonds is 13. The molecule has 0 fully saturated rings. The van der Waals surface area contributed by atoms with E-state index in [0.717, 1.165) is 24.8 Å². The van der Waals surface area contributed by atoms with Crippen molar-refractivity contribution in [1.29, 1.82) is 0 Å². The molecule has 1 amide bonds. The van der Waals surface area contributed by atoms with Crippen molar-refractivity contribution in [2.75, 3.05) is 6.54 Å². The zero-order valence-corrected chi connectivity index (χ0v) is 20.1. The van der Waals surface area contributed by atoms with Gasteiger partial charge in [-0.25, -0.2) is 4.79 Å². The quantitative estimate of drug-likeness (QED) is 0.196. The van der Waals surface area contributed by atoms with Gasteiger partial charge in [0.15, 0.2) is 0 Å². The zero-order chi connectivity index (χ0) is 23.5. The van der Waals surface area contributed by atoms with Gasteiger partial charge < -0.3 is 10.1 Å². The lowest BCUT2D eigenvalue weighted by atomic mass is 10.1. The molecule has 0 aromatic heterocycles. The maximum absolute atomic E-state index is 11.5. The first-order valence-electron chi connectivity index (χ1n) is 11.7. The number of nitro groups is 1. The highest BCUT2D eigenvalue weighted by molar-refractivity contribution is 5.67. The third-order valence-corrected chi connectivity index (χ3v) is 4.38. The fraction of sp³-hybridized carbons (Fsp3) is 0.640. The van der Waals surface area contributed by atoms with Crippen LogP contribution in [-0.4, -0.2) is 23.2 Å². The normalized spacial score (nSPS) is 11.0. The molecule has 6 nitrogen and oxygen atoms in total. The SMILES string of the molecule is CC.CC(C)(C)OC(=O)NCCCCCCCCCC/C=C/c1ccc([N+](=O)[O-])cc1. The van der Waals surface area contributed by atoms with Gasteiger partial charge in [-0.1, -0.05) is 64.5 Å². The van der Waals surface area contributed by atoms with E-state index in [9.17, 15) is 14.9 Å². The highest BCUT2D eigenvalue weighted by Gasteiger charge is 2.15. The maximum atomic E-state index is 11.5. The predicted molar refractivity (Wildman–Crippen MR) is 129 cm³/mol. The molecule has 6 heteroatoms. The lowest BCUT2D eigenvalue weighted by Crippen LogP contribution is -2.32. The van der Waals surface area contributed by atoms with E-state index >= 15 is 0 Å². The molecule has 0 spiro atoms. The van der Waals surface area contributed by atoms with Gasteiger partial charge in [0.2, 0.25) is 0 Å². The molecule has 0 saturated carbocycles. The molecule has 0 aliphatic rings. The van der Waals surface area contributed by atoms with Gasteiger partial charge in [-0.3, -0.25) is 10.1 Å². The second kappa shape index (κ2) is 17.3. The number of nitrogens with zero attached hydrogens (tertiary/aromatic N) is 1. The molecular formula is C25H42N2O4. The van der Waals surface area contributed by atoms with Crippen LogP contribution in [0.1, 0.15) is 98.0 Å². The van der Waals surface area contributed by atoms with Gasteiger partial charge in [-0.15, -0.1) is 0 Å². The summed E-state index contributed by atoms with van der Waals surface area (Å²) in [5.74, 6) is 0. The summed E-state index contributed by atoms with van der Waals surface area (Å²) in [5, 5.41) is 13.4. The summed E-state index contributed by atoms with van der Waals surface area (Å²) in [6.07, 6.45) is 14.3. The summed E-state index contributed by atoms with van der Waals surface area (Å²) in [7, 11) is 0. The minimum absolute atomic E-state index is 0.126. The number of amides is 1. The predicted octanol–water partition coefficient (Wildman–Crippen LogP) is 7.67. The number of alkyl carbamates (subject to hydrolysis) is 1. The molecule has 1 aromatic rings. The Kier molecular flexibility index (Phi) is 16.0. The van der Waals surface area contributed by atoms with Crippen LogP contribution in [0.15, 0.2) is 30.3 Å². The number of hydrogen-bond donors (Lipinski definition) is 1. The first kappa shape index (κ1) is 28.6. The van der Waals surface area contributed by atoms with E-state index in [1.807, 2.05) is 40.7 Å². The van der Waals surface area contributed by atoms with Crippen molar-refractivity contribution in [3.63, 3.8) is 0 Å². The number of allylic oxidation sites excluding steroid dienone is 1. The molecule has 0 heterocycles. The molecule has 1 aromatic carbocycles. The molecule has 1 N–H and O–H groups in total. The standard InChI is InChI=1S/C23H36N2O4.C2H6/c1-23(2,3)29-22(26)24-19-13-11-9-7-5-4-6-8-10-12-14-20-15-17-21(18-16-20)25(27)28;1-2/h12,14-18H,4-11,13,19H2,1-3H3,(H,24,26);1-2H3/b14-12+;. The van der Waals surface area contributed by atoms with Crippen molar-refractivity contribution >= 4 is 17.9 Å². The molecule has 0 radical (unpaired) electrons. The van der Waals surface area contributed by atoms with Crippen molar-refractivity contribution < 1.29 is 14.5 Å². The van der Waals surface area contributed by atoms with E-state index in [0.29, 0.717) is 6.54 Å². The van der Waals surface area contributed by atoms with Crippen molar-refractivity contribution in [2.24, 2.45) is 0 Å². The molecule has 176 valence electrons. The number of nitrogens with one attached hydrogen (secondary N) is 1. The Balaban J connectivity index is 0.00000436. The number of nitro benzene ring substituents is 1. The van der Waals surface area contributed by atoms with Crippen LogP contribution in [-0.2, 0) is 4.74 Å². The molecule has 0 unspecified atom stereocenters. The van der Waals surface area contributed by atoms with Gasteiger partial charge >= 0.3 is 6.09 Å². The number of ether oxygens (including phenoxy) is 1. The average molecular weight is 435 g/mol. The Hall–Kier alpha value is -2.37. The third kappa shape index (κ3) is 17.0. The first-order valence-corrected chi connectivity index (χ1v) is 11.7. The van der Waals surface area contributed by atoms with Crippen LogP contribution in [0.2, 0.25) is 0 Å². The molecule has 0 aliphatic carbocycles. The van der Waals surface area contributed by atoms with Crippen molar-refractivity contribution in [3.05, 3.63) is 46.0 Å². The van der Waals surface area contributed by atoms with E-state index < -0.39 is 5.60 Å². The van der Waals surface area contributed by atoms with Gasteiger partial charge in [0, 0.05) is 18.7 Å². The second-order valence-corrected chi connectivity index (χ2v) is 8.30. The Morgan fingerprint density at radius 2 is 1.48 bits per heavy atom. The van der Waals surface area contributed by atoms with Gasteiger partial charge in [0.25, 0.3) is 5.69 Å². The highest BCUT2D eigenvalue weighted by atomic mass is 16.6. The Morgan fingerprint density at radius 1 is 0.968 bits per heavy atom. The van der Waals surface area contributed by atoms with Crippen molar-refractivity contribution in [2.45, 2.75) is 98.0 Å². The fourth-order valence-corrected chi connectivity index (χ4v) is 2.88. The van der Waals surface area contributed by atoms with Crippen molar-refractivity contribution in [3.8, 4) is 0 Å². The monoisotopic (exact) mass is 434 g/mol. The van der Waals surface area contributed by atoms with Gasteiger partial charge in [0.1, 0.15) is 5.60 Å². The summed E-state index contributed by atoms with van der Waals surface area (Å²) < 4.78 is 5.20. The Bertz CT molecular complexity index is 634. The van der Waals surface area contributed by atoms with Gasteiger partial charge in [0.05, 0.1) is 4.92 Å². The lowest BCUT2D eigenvalue weighted by molar-refractivity contribution is -0.384. The van der Waals surface area contributed by atoms with Crippen LogP contribution in [0.3, 0.4) is 0 Å². The second-order valence-electron chi connectivity index (χ2n) is 8.30. The molecule has 31 heavy (non-hydrogen) atoms. The summed E-state index contributed by atoms with van der Waals surface area (Å²) in [5.41, 5.74) is 0.683. The van der Waals surface area contributed by atoms with Crippen LogP contribution < -0.4 is 5.32 Å². The van der Waals surface area contributed by atoms with E-state index in [2.05, 4.69) is 11.4 Å². The minimum atomic E-state index is -0.440. The number of unbranched alkanes of at least 4 members (excludes halogenated alkanes) is 8. The molecule has 1 rings (SSSR count). The zero-order valence-electron chi connectivity index (χ0n) is 20.1. The number of carbonyl (C=O) groups is 1. The van der Waals surface area contributed by atoms with Crippen molar-refractivity contribution in [1.82, 2.24) is 5.32 Å². The molecule has 0 aliphatic heterocycles. The number of hydrogen-bond acceptors (Lipinski definition) is 4. The minimum Gasteiger partial charge on any atom is -0.444 e. The average Bonchev–Trinajstić information content (AvgIpc) is 2.72. The van der Waals surface area contributed by atoms with Crippen LogP contribution in [0.4, 0.5) is 10.5 Å². The van der Waals surface area contributed by atoms with Crippen LogP contribution in [0.5, 0.6) is 0 Å². The van der Waals surface area contributed by atoms with Crippen LogP contribution in [0.25, 0.3) is 6.08 Å². The Morgan fingerprint density at radius 3 is 2.00 bits per heavy atom. The molecule has 0 saturated heterocycles. The maximum Gasteiger partial charge on any atom is 0.407 e. The highest BCUT2D eigenvalue weighted by Crippen LogP contribution is 2.14. The molecular weight excluding hydrogens is 392 g/mol. The lowest BCUT2D eigenvalue weighted by Gasteiger charge is -2.19. The number of benzene rings is 1. The van der Waals surface area contributed by atoms with E-state index in [4.69, 9.17) is 4.74 Å². The number of non-ortho nitro benzene ring substituents is 1. The molecule has 0 atom stereocenters. The van der Waals surface area contributed by atoms with Gasteiger partial charge in [-0.05, 0) is 57.7 Å². The third-order valence-electron chi connectivity index (χ3n) is 4.38. The molecule has 0 bridgehead atoms. The summed E-state index contributed by atoms with van der Waals surface area (Å²) in [4.78, 5) is 21.7. The number of carbonyl (C=O) groups excluding carboxylic acids is 1. The van der Waals surface area contributed by atoms with E-state index in [-0.39, 0.29) is 16.7 Å². The summed E-state index contributed by atoms with van der Waals surface area (Å²) in [6, 6.07) is 6.62. The van der Waals surface area contributed by atoms with Crippen LogP contribution in [0, 0.1) is 10.1 Å². The van der Waals surface area contributed by atoms with E-state index in [1.165, 1.54) is 50.7 Å². The Labute approximate surface area is 188 Å². The fourth-order valence-electron chi connectivity index (χ4n) is 2.88. The smallest absolute Gasteiger partial charge is 0.407 e. The van der Waals surface area contributed by atoms with Crippen LogP contribution >= 0.6 is 0 Å². The summed E-state index contributed by atoms with van der Waals surface area (Å²) in [6.45, 7) is 10.3. The van der Waals surface area contributed by atoms with Gasteiger partial charge in [-0.2, -0.15) is 0 Å².